The lowest BCUT2D eigenvalue weighted by molar-refractivity contribution is -0.137. The Balaban J connectivity index is 2.09. The number of nitrogens with zero attached hydrogens (tertiary/aromatic N) is 2. The lowest BCUT2D eigenvalue weighted by atomic mass is 10.1. The van der Waals surface area contributed by atoms with Crippen molar-refractivity contribution in [2.45, 2.75) is 6.18 Å². The lowest BCUT2D eigenvalue weighted by Gasteiger charge is -2.20. The van der Waals surface area contributed by atoms with Crippen molar-refractivity contribution in [3.63, 3.8) is 0 Å². The molecule has 1 aromatic heterocycles. The lowest BCUT2D eigenvalue weighted by Crippen LogP contribution is -2.35. The molecule has 0 saturated heterocycles. The van der Waals surface area contributed by atoms with Crippen LogP contribution in [0.15, 0.2) is 47.5 Å². The highest BCUT2D eigenvalue weighted by Crippen LogP contribution is 2.38. The molecule has 0 fully saturated rings. The van der Waals surface area contributed by atoms with Crippen molar-refractivity contribution >= 4 is 34.4 Å². The van der Waals surface area contributed by atoms with E-state index in [-0.39, 0.29) is 30.1 Å². The van der Waals surface area contributed by atoms with E-state index in [2.05, 4.69) is 0 Å². The van der Waals surface area contributed by atoms with Gasteiger partial charge in [0.1, 0.15) is 5.70 Å². The molecule has 0 aliphatic carbocycles. The third-order valence-electron chi connectivity index (χ3n) is 4.08. The summed E-state index contributed by atoms with van der Waals surface area (Å²) in [6, 6.07) is 7.46. The molecule has 9 heteroatoms. The van der Waals surface area contributed by atoms with Crippen LogP contribution in [0.25, 0.3) is 5.57 Å². The smallest absolute Gasteiger partial charge is 0.395 e. The molecular weight excluding hydrogens is 381 g/mol. The molecule has 0 atom stereocenters. The number of carbonyl (C=O) groups excluding carboxylic acids is 2. The van der Waals surface area contributed by atoms with Gasteiger partial charge in [0.25, 0.3) is 11.8 Å². The highest BCUT2D eigenvalue weighted by molar-refractivity contribution is 7.11. The van der Waals surface area contributed by atoms with Crippen molar-refractivity contribution in [1.82, 2.24) is 4.90 Å². The van der Waals surface area contributed by atoms with Crippen molar-refractivity contribution in [3.05, 3.63) is 57.9 Å². The maximum absolute atomic E-state index is 13.0. The molecule has 0 unspecified atom stereocenters. The number of hydrogen-bond donors (Lipinski definition) is 1. The zero-order valence-corrected chi connectivity index (χ0v) is 15.0. The molecule has 0 saturated carbocycles. The van der Waals surface area contributed by atoms with Crippen LogP contribution >= 0.6 is 11.3 Å². The fourth-order valence-electron chi connectivity index (χ4n) is 2.83. The number of carbonyl (C=O) groups is 2. The Morgan fingerprint density at radius 1 is 1.15 bits per heavy atom. The van der Waals surface area contributed by atoms with Gasteiger partial charge in [0.15, 0.2) is 0 Å². The highest BCUT2D eigenvalue weighted by atomic mass is 32.1. The Bertz CT molecular complexity index is 907. The van der Waals surface area contributed by atoms with Crippen molar-refractivity contribution < 1.29 is 27.9 Å². The highest BCUT2D eigenvalue weighted by Gasteiger charge is 2.42. The molecule has 1 N–H and O–H groups in total. The van der Waals surface area contributed by atoms with Gasteiger partial charge in [0.2, 0.25) is 0 Å². The van der Waals surface area contributed by atoms with Crippen molar-refractivity contribution in [2.75, 3.05) is 25.1 Å². The predicted octanol–water partition coefficient (Wildman–Crippen LogP) is 2.98. The number of anilines is 1. The molecule has 1 aliphatic heterocycles. The van der Waals surface area contributed by atoms with E-state index in [4.69, 9.17) is 0 Å². The number of alkyl halides is 3. The average molecular weight is 396 g/mol. The maximum atomic E-state index is 13.0. The molecule has 2 aromatic rings. The summed E-state index contributed by atoms with van der Waals surface area (Å²) in [4.78, 5) is 28.6. The number of benzene rings is 1. The van der Waals surface area contributed by atoms with E-state index in [1.165, 1.54) is 22.3 Å². The first kappa shape index (κ1) is 19.1. The summed E-state index contributed by atoms with van der Waals surface area (Å²) < 4.78 is 39.1. The van der Waals surface area contributed by atoms with Crippen LogP contribution in [0.5, 0.6) is 0 Å². The van der Waals surface area contributed by atoms with Crippen LogP contribution in [-0.4, -0.2) is 42.0 Å². The normalized spacial score (nSPS) is 15.1. The number of amides is 2. The molecule has 27 heavy (non-hydrogen) atoms. The molecule has 0 spiro atoms. The Labute approximate surface area is 156 Å². The Kier molecular flexibility index (Phi) is 5.07. The first-order valence-electron chi connectivity index (χ1n) is 7.92. The summed E-state index contributed by atoms with van der Waals surface area (Å²) in [5.74, 6) is -1.42. The second kappa shape index (κ2) is 7.16. The molecule has 0 radical (unpaired) electrons. The Morgan fingerprint density at radius 3 is 2.48 bits per heavy atom. The zero-order valence-electron chi connectivity index (χ0n) is 14.2. The number of imide groups is 1. The molecule has 5 nitrogen and oxygen atoms in total. The molecule has 142 valence electrons. The van der Waals surface area contributed by atoms with Crippen LogP contribution in [0.3, 0.4) is 0 Å². The van der Waals surface area contributed by atoms with Crippen LogP contribution in [0.1, 0.15) is 10.4 Å². The van der Waals surface area contributed by atoms with E-state index < -0.39 is 23.6 Å². The molecule has 2 amide bonds. The molecule has 1 aliphatic rings. The van der Waals surface area contributed by atoms with Crippen molar-refractivity contribution in [1.29, 1.82) is 0 Å². The first-order chi connectivity index (χ1) is 12.8. The zero-order chi connectivity index (χ0) is 19.8. The van der Waals surface area contributed by atoms with Gasteiger partial charge in [-0.15, -0.1) is 11.3 Å². The molecule has 0 bridgehead atoms. The van der Waals surface area contributed by atoms with Crippen LogP contribution in [-0.2, 0) is 15.8 Å². The van der Waals surface area contributed by atoms with Gasteiger partial charge in [-0.3, -0.25) is 9.59 Å². The van der Waals surface area contributed by atoms with Gasteiger partial charge < -0.3 is 10.0 Å². The second-order valence-corrected chi connectivity index (χ2v) is 6.79. The standard InChI is InChI=1S/C18H15F3N2O3S/c1-22(7-8-24)15-14(13-6-3-9-27-13)16(25)23(17(15)26)12-5-2-4-11(10-12)18(19,20)21/h2-6,9-10,24H,7-8H2,1H3. The van der Waals surface area contributed by atoms with E-state index in [1.807, 2.05) is 0 Å². The minimum Gasteiger partial charge on any atom is -0.395 e. The van der Waals surface area contributed by atoms with Gasteiger partial charge in [0, 0.05) is 18.5 Å². The number of likely N-dealkylation sites (N-methyl/N-ethyl adjacent to an activating group) is 1. The Hall–Kier alpha value is -2.65. The largest absolute Gasteiger partial charge is 0.416 e. The third-order valence-corrected chi connectivity index (χ3v) is 4.96. The van der Waals surface area contributed by atoms with Crippen LogP contribution in [0, 0.1) is 0 Å². The quantitative estimate of drug-likeness (QED) is 0.790. The maximum Gasteiger partial charge on any atom is 0.416 e. The summed E-state index contributed by atoms with van der Waals surface area (Å²) in [5, 5.41) is 10.9. The van der Waals surface area contributed by atoms with Gasteiger partial charge in [-0.05, 0) is 29.6 Å². The number of aliphatic hydroxyl groups is 1. The van der Waals surface area contributed by atoms with Gasteiger partial charge in [-0.25, -0.2) is 4.90 Å². The van der Waals surface area contributed by atoms with Crippen LogP contribution < -0.4 is 4.90 Å². The number of aliphatic hydroxyl groups excluding tert-OH is 1. The van der Waals surface area contributed by atoms with E-state index in [9.17, 15) is 27.9 Å². The second-order valence-electron chi connectivity index (χ2n) is 5.84. The van der Waals surface area contributed by atoms with Gasteiger partial charge in [-0.2, -0.15) is 13.2 Å². The summed E-state index contributed by atoms with van der Waals surface area (Å²) in [5.41, 5.74) is -0.936. The Morgan fingerprint density at radius 2 is 1.89 bits per heavy atom. The number of hydrogen-bond acceptors (Lipinski definition) is 5. The fourth-order valence-corrected chi connectivity index (χ4v) is 3.60. The molecule has 2 heterocycles. The van der Waals surface area contributed by atoms with E-state index in [1.54, 1.807) is 24.6 Å². The third kappa shape index (κ3) is 3.47. The molecular formula is C18H15F3N2O3S. The van der Waals surface area contributed by atoms with Gasteiger partial charge in [0.05, 0.1) is 23.4 Å². The predicted molar refractivity (Wildman–Crippen MR) is 94.9 cm³/mol. The fraction of sp³-hybridized carbons (Fsp3) is 0.222. The summed E-state index contributed by atoms with van der Waals surface area (Å²) in [7, 11) is 1.54. The van der Waals surface area contributed by atoms with Crippen molar-refractivity contribution in [3.8, 4) is 0 Å². The topological polar surface area (TPSA) is 60.9 Å². The summed E-state index contributed by atoms with van der Waals surface area (Å²) in [6.45, 7) is -0.150. The average Bonchev–Trinajstić information content (AvgIpc) is 3.20. The van der Waals surface area contributed by atoms with Crippen molar-refractivity contribution in [2.24, 2.45) is 0 Å². The summed E-state index contributed by atoms with van der Waals surface area (Å²) >= 11 is 1.24. The van der Waals surface area contributed by atoms with E-state index >= 15 is 0 Å². The number of rotatable bonds is 5. The molecule has 1 aromatic carbocycles. The van der Waals surface area contributed by atoms with Crippen LogP contribution in [0.4, 0.5) is 18.9 Å². The minimum absolute atomic E-state index is 0.0499. The number of thiophene rings is 1. The van der Waals surface area contributed by atoms with Gasteiger partial charge in [-0.1, -0.05) is 12.1 Å². The van der Waals surface area contributed by atoms with E-state index in [0.29, 0.717) is 4.88 Å². The van der Waals surface area contributed by atoms with Crippen LogP contribution in [0.2, 0.25) is 0 Å². The minimum atomic E-state index is -4.59. The molecule has 3 rings (SSSR count). The SMILES string of the molecule is CN(CCO)C1=C(c2cccs2)C(=O)N(c2cccc(C(F)(F)F)c2)C1=O. The summed E-state index contributed by atoms with van der Waals surface area (Å²) in [6.07, 6.45) is -4.59. The monoisotopic (exact) mass is 396 g/mol. The van der Waals surface area contributed by atoms with E-state index in [0.717, 1.165) is 23.1 Å². The first-order valence-corrected chi connectivity index (χ1v) is 8.80. The van der Waals surface area contributed by atoms with Gasteiger partial charge >= 0.3 is 6.18 Å². The number of halogens is 3.